The molecular formula is C16H16Br2N6O2S. The number of hydrogen-bond acceptors (Lipinski definition) is 6. The first kappa shape index (κ1) is 19.9. The molecule has 0 bridgehead atoms. The number of fused-ring (bicyclic) bond motifs is 1. The lowest BCUT2D eigenvalue weighted by Crippen LogP contribution is -2.33. The molecule has 3 rings (SSSR count). The zero-order valence-corrected chi connectivity index (χ0v) is 18.2. The highest BCUT2D eigenvalue weighted by atomic mass is 79.9. The number of carbonyl (C=O) groups excluding carboxylic acids is 2. The Kier molecular flexibility index (Phi) is 6.58. The van der Waals surface area contributed by atoms with E-state index in [1.54, 1.807) is 28.4 Å². The van der Waals surface area contributed by atoms with Crippen LogP contribution in [0.15, 0.2) is 32.1 Å². The van der Waals surface area contributed by atoms with Crippen molar-refractivity contribution in [3.05, 3.63) is 37.8 Å². The van der Waals surface area contributed by atoms with Gasteiger partial charge in [-0.3, -0.25) is 14.3 Å². The smallest absolute Gasteiger partial charge is 0.275 e. The van der Waals surface area contributed by atoms with Gasteiger partial charge in [-0.2, -0.15) is 5.10 Å². The number of rotatable bonds is 7. The van der Waals surface area contributed by atoms with E-state index in [9.17, 15) is 9.59 Å². The molecule has 3 N–H and O–H groups in total. The lowest BCUT2D eigenvalue weighted by molar-refractivity contribution is -0.121. The molecule has 0 saturated carbocycles. The second-order valence-corrected chi connectivity index (χ2v) is 8.60. The average Bonchev–Trinajstić information content (AvgIpc) is 3.21. The Morgan fingerprint density at radius 2 is 2.07 bits per heavy atom. The minimum Gasteiger partial charge on any atom is -0.353 e. The van der Waals surface area contributed by atoms with E-state index in [1.807, 2.05) is 7.05 Å². The SMILES string of the molecule is CNCCNC(=O)Cn1cc2cc(NC(=O)c3csc(Br)n3)c(Br)cc2n1. The molecular weight excluding hydrogens is 500 g/mol. The number of nitrogens with zero attached hydrogens (tertiary/aromatic N) is 3. The van der Waals surface area contributed by atoms with Crippen molar-refractivity contribution in [2.24, 2.45) is 0 Å². The summed E-state index contributed by atoms with van der Waals surface area (Å²) in [6, 6.07) is 3.61. The van der Waals surface area contributed by atoms with E-state index in [0.29, 0.717) is 32.9 Å². The fourth-order valence-corrected chi connectivity index (χ4v) is 3.77. The summed E-state index contributed by atoms with van der Waals surface area (Å²) in [6.45, 7) is 1.40. The molecule has 0 atom stereocenters. The fourth-order valence-electron chi connectivity index (χ4n) is 2.35. The zero-order chi connectivity index (χ0) is 19.4. The van der Waals surface area contributed by atoms with Crippen LogP contribution in [0, 0.1) is 0 Å². The van der Waals surface area contributed by atoms with Crippen LogP contribution >= 0.6 is 43.2 Å². The van der Waals surface area contributed by atoms with E-state index in [-0.39, 0.29) is 18.4 Å². The van der Waals surface area contributed by atoms with Crippen molar-refractivity contribution in [1.29, 1.82) is 0 Å². The Labute approximate surface area is 176 Å². The number of carbonyl (C=O) groups is 2. The molecule has 0 aliphatic carbocycles. The molecule has 3 aromatic rings. The second kappa shape index (κ2) is 8.91. The predicted octanol–water partition coefficient (Wildman–Crippen LogP) is 2.61. The lowest BCUT2D eigenvalue weighted by Gasteiger charge is -2.05. The molecule has 2 aromatic heterocycles. The summed E-state index contributed by atoms with van der Waals surface area (Å²) >= 11 is 8.04. The van der Waals surface area contributed by atoms with E-state index < -0.39 is 0 Å². The van der Waals surface area contributed by atoms with Crippen molar-refractivity contribution >= 4 is 71.6 Å². The average molecular weight is 516 g/mol. The topological polar surface area (TPSA) is 101 Å². The van der Waals surface area contributed by atoms with E-state index in [1.165, 1.54) is 11.3 Å². The molecule has 2 amide bonds. The first-order valence-corrected chi connectivity index (χ1v) is 10.4. The van der Waals surface area contributed by atoms with Crippen LogP contribution in [0.4, 0.5) is 5.69 Å². The minimum atomic E-state index is -0.298. The van der Waals surface area contributed by atoms with E-state index in [4.69, 9.17) is 0 Å². The molecule has 142 valence electrons. The third-order valence-corrected chi connectivity index (χ3v) is 5.62. The maximum Gasteiger partial charge on any atom is 0.275 e. The van der Waals surface area contributed by atoms with Crippen molar-refractivity contribution < 1.29 is 9.59 Å². The standard InChI is InChI=1S/C16H16Br2N6O2S/c1-19-2-3-20-14(25)7-24-6-9-4-12(10(17)5-11(9)23-24)21-15(26)13-8-27-16(18)22-13/h4-6,8,19H,2-3,7H2,1H3,(H,20,25)(H,21,26). The number of hydrogen-bond donors (Lipinski definition) is 3. The molecule has 11 heteroatoms. The highest BCUT2D eigenvalue weighted by Gasteiger charge is 2.14. The number of amides is 2. The lowest BCUT2D eigenvalue weighted by atomic mass is 10.2. The zero-order valence-electron chi connectivity index (χ0n) is 14.3. The third kappa shape index (κ3) is 5.12. The maximum absolute atomic E-state index is 12.3. The second-order valence-electron chi connectivity index (χ2n) is 5.61. The van der Waals surface area contributed by atoms with Gasteiger partial charge in [0.05, 0.1) is 11.2 Å². The number of nitrogens with one attached hydrogen (secondary N) is 3. The third-order valence-electron chi connectivity index (χ3n) is 3.60. The summed E-state index contributed by atoms with van der Waals surface area (Å²) in [7, 11) is 1.83. The summed E-state index contributed by atoms with van der Waals surface area (Å²) < 4.78 is 2.92. The maximum atomic E-state index is 12.3. The van der Waals surface area contributed by atoms with Crippen molar-refractivity contribution in [3.8, 4) is 0 Å². The van der Waals surface area contributed by atoms with Crippen molar-refractivity contribution in [2.75, 3.05) is 25.5 Å². The highest BCUT2D eigenvalue weighted by Crippen LogP contribution is 2.28. The number of benzene rings is 1. The molecule has 0 aliphatic heterocycles. The van der Waals surface area contributed by atoms with E-state index in [0.717, 1.165) is 10.9 Å². The minimum absolute atomic E-state index is 0.111. The largest absolute Gasteiger partial charge is 0.353 e. The fraction of sp³-hybridized carbons (Fsp3) is 0.250. The highest BCUT2D eigenvalue weighted by molar-refractivity contribution is 9.11. The van der Waals surface area contributed by atoms with E-state index >= 15 is 0 Å². The first-order valence-electron chi connectivity index (χ1n) is 7.96. The molecule has 0 unspecified atom stereocenters. The van der Waals surface area contributed by atoms with Gasteiger partial charge >= 0.3 is 0 Å². The van der Waals surface area contributed by atoms with Crippen LogP contribution in [0.25, 0.3) is 10.9 Å². The van der Waals surface area contributed by atoms with Gasteiger partial charge in [-0.25, -0.2) is 4.98 Å². The summed E-state index contributed by atoms with van der Waals surface area (Å²) in [6.07, 6.45) is 1.77. The van der Waals surface area contributed by atoms with Gasteiger partial charge < -0.3 is 16.0 Å². The molecule has 1 aromatic carbocycles. The Hall–Kier alpha value is -1.82. The molecule has 0 saturated heterocycles. The van der Waals surface area contributed by atoms with Crippen molar-refractivity contribution in [3.63, 3.8) is 0 Å². The van der Waals surface area contributed by atoms with Gasteiger partial charge in [0.25, 0.3) is 5.91 Å². The number of thiazole rings is 1. The van der Waals surface area contributed by atoms with Crippen molar-refractivity contribution in [2.45, 2.75) is 6.54 Å². The summed E-state index contributed by atoms with van der Waals surface area (Å²) in [5, 5.41) is 15.5. The normalized spacial score (nSPS) is 10.9. The van der Waals surface area contributed by atoms with Gasteiger partial charge in [-0.15, -0.1) is 11.3 Å². The van der Waals surface area contributed by atoms with Gasteiger partial charge in [-0.1, -0.05) is 0 Å². The first-order chi connectivity index (χ1) is 13.0. The van der Waals surface area contributed by atoms with Crippen LogP contribution in [-0.2, 0) is 11.3 Å². The van der Waals surface area contributed by atoms with Crippen LogP contribution in [0.1, 0.15) is 10.5 Å². The van der Waals surface area contributed by atoms with Gasteiger partial charge in [0.2, 0.25) is 5.91 Å². The number of halogens is 2. The molecule has 0 fully saturated rings. The Morgan fingerprint density at radius 1 is 1.26 bits per heavy atom. The van der Waals surface area contributed by atoms with Gasteiger partial charge in [0, 0.05) is 34.5 Å². The van der Waals surface area contributed by atoms with Gasteiger partial charge in [0.1, 0.15) is 12.2 Å². The summed E-state index contributed by atoms with van der Waals surface area (Å²) in [5.74, 6) is -0.409. The number of aromatic nitrogens is 3. The monoisotopic (exact) mass is 514 g/mol. The van der Waals surface area contributed by atoms with Gasteiger partial charge in [-0.05, 0) is 51.0 Å². The summed E-state index contributed by atoms with van der Waals surface area (Å²) in [5.41, 5.74) is 1.67. The Balaban J connectivity index is 1.74. The molecule has 27 heavy (non-hydrogen) atoms. The van der Waals surface area contributed by atoms with Gasteiger partial charge in [0.15, 0.2) is 3.92 Å². The van der Waals surface area contributed by atoms with Crippen LogP contribution < -0.4 is 16.0 Å². The molecule has 0 spiro atoms. The molecule has 2 heterocycles. The molecule has 0 radical (unpaired) electrons. The number of anilines is 1. The van der Waals surface area contributed by atoms with Crippen LogP contribution in [0.5, 0.6) is 0 Å². The quantitative estimate of drug-likeness (QED) is 0.420. The molecule has 0 aliphatic rings. The molecule has 8 nitrogen and oxygen atoms in total. The van der Waals surface area contributed by atoms with Crippen LogP contribution in [-0.4, -0.2) is 46.7 Å². The van der Waals surface area contributed by atoms with Crippen molar-refractivity contribution in [1.82, 2.24) is 25.4 Å². The van der Waals surface area contributed by atoms with Crippen LogP contribution in [0.3, 0.4) is 0 Å². The van der Waals surface area contributed by atoms with E-state index in [2.05, 4.69) is 57.9 Å². The Morgan fingerprint density at radius 3 is 2.78 bits per heavy atom. The Bertz CT molecular complexity index is 987. The summed E-state index contributed by atoms with van der Waals surface area (Å²) in [4.78, 5) is 28.3. The van der Waals surface area contributed by atoms with Crippen LogP contribution in [0.2, 0.25) is 0 Å². The number of likely N-dealkylation sites (N-methyl/N-ethyl adjacent to an activating group) is 1. The predicted molar refractivity (Wildman–Crippen MR) is 112 cm³/mol.